The standard InChI is InChI=1S/C21H25NOS/c1-17(24-20-15-9-4-10-16-20)21(23)22(18-11-5-2-6-12-18)19-13-7-3-8-14-19/h2-3,5-8,11-14,17,20H,4,9-10,15-16H2,1H3. The van der Waals surface area contributed by atoms with E-state index >= 15 is 0 Å². The van der Waals surface area contributed by atoms with Gasteiger partial charge in [-0.3, -0.25) is 9.69 Å². The lowest BCUT2D eigenvalue weighted by Gasteiger charge is -2.29. The second-order valence-electron chi connectivity index (χ2n) is 6.38. The quantitative estimate of drug-likeness (QED) is 0.685. The molecule has 1 atom stereocenters. The van der Waals surface area contributed by atoms with E-state index in [1.165, 1.54) is 32.1 Å². The van der Waals surface area contributed by atoms with Gasteiger partial charge in [-0.25, -0.2) is 0 Å². The predicted molar refractivity (Wildman–Crippen MR) is 104 cm³/mol. The fourth-order valence-electron chi connectivity index (χ4n) is 3.29. The summed E-state index contributed by atoms with van der Waals surface area (Å²) in [5.41, 5.74) is 1.87. The lowest BCUT2D eigenvalue weighted by molar-refractivity contribution is -0.117. The zero-order chi connectivity index (χ0) is 16.8. The Morgan fingerprint density at radius 3 is 1.92 bits per heavy atom. The zero-order valence-corrected chi connectivity index (χ0v) is 15.0. The molecule has 0 spiro atoms. The number of thioether (sulfide) groups is 1. The van der Waals surface area contributed by atoms with Gasteiger partial charge in [-0.2, -0.15) is 0 Å². The second-order valence-corrected chi connectivity index (χ2v) is 8.03. The van der Waals surface area contributed by atoms with Crippen LogP contribution < -0.4 is 4.90 Å². The first-order valence-electron chi connectivity index (χ1n) is 8.85. The number of rotatable bonds is 5. The van der Waals surface area contributed by atoms with Crippen LogP contribution in [0.5, 0.6) is 0 Å². The summed E-state index contributed by atoms with van der Waals surface area (Å²) < 4.78 is 0. The van der Waals surface area contributed by atoms with Crippen molar-refractivity contribution >= 4 is 29.0 Å². The largest absolute Gasteiger partial charge is 0.280 e. The number of hydrogen-bond donors (Lipinski definition) is 0. The topological polar surface area (TPSA) is 20.3 Å². The van der Waals surface area contributed by atoms with E-state index in [9.17, 15) is 4.79 Å². The third-order valence-corrected chi connectivity index (χ3v) is 6.01. The molecule has 3 heteroatoms. The van der Waals surface area contributed by atoms with E-state index in [0.717, 1.165) is 11.4 Å². The number of carbonyl (C=O) groups is 1. The first-order valence-corrected chi connectivity index (χ1v) is 9.79. The summed E-state index contributed by atoms with van der Waals surface area (Å²) in [6.45, 7) is 2.06. The van der Waals surface area contributed by atoms with Crippen LogP contribution in [-0.2, 0) is 4.79 Å². The molecule has 1 aliphatic rings. The summed E-state index contributed by atoms with van der Waals surface area (Å²) in [6, 6.07) is 19.9. The lowest BCUT2D eigenvalue weighted by Crippen LogP contribution is -2.34. The maximum atomic E-state index is 13.2. The molecule has 1 unspecified atom stereocenters. The summed E-state index contributed by atoms with van der Waals surface area (Å²) in [5.74, 6) is 0.169. The van der Waals surface area contributed by atoms with E-state index in [1.54, 1.807) is 0 Å². The van der Waals surface area contributed by atoms with E-state index in [0.29, 0.717) is 5.25 Å². The molecule has 2 aromatic carbocycles. The van der Waals surface area contributed by atoms with Gasteiger partial charge in [-0.05, 0) is 44.0 Å². The molecule has 2 nitrogen and oxygen atoms in total. The molecule has 1 fully saturated rings. The van der Waals surface area contributed by atoms with E-state index < -0.39 is 0 Å². The van der Waals surface area contributed by atoms with E-state index in [-0.39, 0.29) is 11.2 Å². The molecule has 24 heavy (non-hydrogen) atoms. The van der Waals surface area contributed by atoms with Gasteiger partial charge >= 0.3 is 0 Å². The zero-order valence-electron chi connectivity index (χ0n) is 14.2. The van der Waals surface area contributed by atoms with Crippen molar-refractivity contribution < 1.29 is 4.79 Å². The maximum absolute atomic E-state index is 13.2. The van der Waals surface area contributed by atoms with Gasteiger partial charge < -0.3 is 0 Å². The molecule has 1 amide bonds. The van der Waals surface area contributed by atoms with Crippen molar-refractivity contribution in [2.75, 3.05) is 4.90 Å². The van der Waals surface area contributed by atoms with Crippen LogP contribution in [0, 0.1) is 0 Å². The number of amides is 1. The Morgan fingerprint density at radius 2 is 1.42 bits per heavy atom. The third-order valence-electron chi connectivity index (χ3n) is 4.55. The van der Waals surface area contributed by atoms with Gasteiger partial charge in [0, 0.05) is 16.6 Å². The highest BCUT2D eigenvalue weighted by Crippen LogP contribution is 2.34. The number of anilines is 2. The minimum absolute atomic E-state index is 0.0338. The van der Waals surface area contributed by atoms with Gasteiger partial charge in [0.25, 0.3) is 0 Å². The Kier molecular flexibility index (Phi) is 5.97. The van der Waals surface area contributed by atoms with Crippen LogP contribution in [0.2, 0.25) is 0 Å². The minimum atomic E-state index is -0.0338. The van der Waals surface area contributed by atoms with Crippen molar-refractivity contribution in [3.63, 3.8) is 0 Å². The van der Waals surface area contributed by atoms with Crippen molar-refractivity contribution in [2.24, 2.45) is 0 Å². The first-order chi connectivity index (χ1) is 11.8. The van der Waals surface area contributed by atoms with Crippen LogP contribution in [0.25, 0.3) is 0 Å². The molecule has 0 saturated heterocycles. The highest BCUT2D eigenvalue weighted by Gasteiger charge is 2.27. The minimum Gasteiger partial charge on any atom is -0.280 e. The summed E-state index contributed by atoms with van der Waals surface area (Å²) in [4.78, 5) is 15.1. The van der Waals surface area contributed by atoms with Gasteiger partial charge in [-0.1, -0.05) is 55.7 Å². The van der Waals surface area contributed by atoms with Crippen molar-refractivity contribution in [1.82, 2.24) is 0 Å². The van der Waals surface area contributed by atoms with Crippen LogP contribution in [-0.4, -0.2) is 16.4 Å². The first kappa shape index (κ1) is 17.1. The molecule has 0 heterocycles. The van der Waals surface area contributed by atoms with Crippen molar-refractivity contribution in [3.05, 3.63) is 60.7 Å². The molecule has 0 aromatic heterocycles. The third kappa shape index (κ3) is 4.21. The SMILES string of the molecule is CC(SC1CCCCC1)C(=O)N(c1ccccc1)c1ccccc1. The van der Waals surface area contributed by atoms with Gasteiger partial charge in [0.05, 0.1) is 5.25 Å². The molecular weight excluding hydrogens is 314 g/mol. The van der Waals surface area contributed by atoms with Crippen LogP contribution in [0.3, 0.4) is 0 Å². The van der Waals surface area contributed by atoms with Crippen molar-refractivity contribution in [2.45, 2.75) is 49.5 Å². The van der Waals surface area contributed by atoms with E-state index in [1.807, 2.05) is 77.3 Å². The Bertz CT molecular complexity index is 598. The number of benzene rings is 2. The molecule has 1 aliphatic carbocycles. The van der Waals surface area contributed by atoms with Gasteiger partial charge in [0.1, 0.15) is 0 Å². The average Bonchev–Trinajstić information content (AvgIpc) is 2.64. The fraction of sp³-hybridized carbons (Fsp3) is 0.381. The Labute approximate surface area is 149 Å². The maximum Gasteiger partial charge on any atom is 0.244 e. The summed E-state index contributed by atoms with van der Waals surface area (Å²) in [6.07, 6.45) is 6.46. The molecule has 126 valence electrons. The van der Waals surface area contributed by atoms with Crippen molar-refractivity contribution in [3.8, 4) is 0 Å². The summed E-state index contributed by atoms with van der Waals surface area (Å²) in [7, 11) is 0. The number of carbonyl (C=O) groups excluding carboxylic acids is 1. The molecule has 0 aliphatic heterocycles. The highest BCUT2D eigenvalue weighted by atomic mass is 32.2. The fourth-order valence-corrected chi connectivity index (χ4v) is 4.69. The molecule has 0 radical (unpaired) electrons. The van der Waals surface area contributed by atoms with E-state index in [4.69, 9.17) is 0 Å². The molecule has 0 N–H and O–H groups in total. The Balaban J connectivity index is 1.81. The Hall–Kier alpha value is -1.74. The normalized spacial score (nSPS) is 16.5. The number of para-hydroxylation sites is 2. The summed E-state index contributed by atoms with van der Waals surface area (Å²) in [5, 5.41) is 0.597. The smallest absolute Gasteiger partial charge is 0.244 e. The molecule has 2 aromatic rings. The van der Waals surface area contributed by atoms with Crippen LogP contribution in [0.4, 0.5) is 11.4 Å². The predicted octanol–water partition coefficient (Wildman–Crippen LogP) is 5.81. The molecule has 1 saturated carbocycles. The number of nitrogens with zero attached hydrogens (tertiary/aromatic N) is 1. The summed E-state index contributed by atoms with van der Waals surface area (Å²) >= 11 is 1.86. The molecule has 3 rings (SSSR count). The molecular formula is C21H25NOS. The van der Waals surface area contributed by atoms with Crippen molar-refractivity contribution in [1.29, 1.82) is 0 Å². The molecule has 0 bridgehead atoms. The second kappa shape index (κ2) is 8.39. The highest BCUT2D eigenvalue weighted by molar-refractivity contribution is 8.01. The van der Waals surface area contributed by atoms with Crippen LogP contribution in [0.15, 0.2) is 60.7 Å². The van der Waals surface area contributed by atoms with E-state index in [2.05, 4.69) is 6.92 Å². The van der Waals surface area contributed by atoms with Crippen LogP contribution >= 0.6 is 11.8 Å². The average molecular weight is 340 g/mol. The van der Waals surface area contributed by atoms with Gasteiger partial charge in [0.2, 0.25) is 5.91 Å². The lowest BCUT2D eigenvalue weighted by atomic mass is 10.0. The monoisotopic (exact) mass is 339 g/mol. The van der Waals surface area contributed by atoms with Crippen LogP contribution in [0.1, 0.15) is 39.0 Å². The van der Waals surface area contributed by atoms with Gasteiger partial charge in [-0.15, -0.1) is 11.8 Å². The number of hydrogen-bond acceptors (Lipinski definition) is 2. The Morgan fingerprint density at radius 1 is 0.917 bits per heavy atom. The van der Waals surface area contributed by atoms with Gasteiger partial charge in [0.15, 0.2) is 0 Å².